The molecule has 1 atom stereocenters. The summed E-state index contributed by atoms with van der Waals surface area (Å²) < 4.78 is 11.2. The molecule has 0 bridgehead atoms. The Balaban J connectivity index is 2.65. The van der Waals surface area contributed by atoms with Crippen LogP contribution >= 0.6 is 0 Å². The summed E-state index contributed by atoms with van der Waals surface area (Å²) >= 11 is 0. The minimum atomic E-state index is -0.970. The van der Waals surface area contributed by atoms with E-state index in [1.165, 1.54) is 13.7 Å². The highest BCUT2D eigenvalue weighted by Crippen LogP contribution is 2.24. The van der Waals surface area contributed by atoms with Crippen LogP contribution in [0.5, 0.6) is 0 Å². The summed E-state index contributed by atoms with van der Waals surface area (Å²) in [5.41, 5.74) is 4.34. The van der Waals surface area contributed by atoms with Gasteiger partial charge in [0.1, 0.15) is 6.23 Å². The van der Waals surface area contributed by atoms with Gasteiger partial charge in [-0.15, -0.1) is 0 Å². The Kier molecular flexibility index (Phi) is 6.23. The molecule has 0 aliphatic carbocycles. The molecule has 0 saturated carbocycles. The molecule has 6 heteroatoms. The average molecular weight is 281 g/mol. The number of hydrogen-bond acceptors (Lipinski definition) is 5. The summed E-state index contributed by atoms with van der Waals surface area (Å²) in [7, 11) is 1.53. The molecular formula is C14H26BN2O3. The molecule has 1 unspecified atom stereocenters. The monoisotopic (exact) mass is 281 g/mol. The smallest absolute Gasteiger partial charge is 0.351 e. The highest BCUT2D eigenvalue weighted by atomic mass is 16.5. The molecule has 0 spiro atoms. The third-order valence-corrected chi connectivity index (χ3v) is 3.66. The SMILES string of the molecule is CC(C)(O)C(C)(C)O[B]C(C=CN)=NC1CCCCO1. The van der Waals surface area contributed by atoms with E-state index >= 15 is 0 Å². The van der Waals surface area contributed by atoms with Crippen LogP contribution in [0.3, 0.4) is 0 Å². The summed E-state index contributed by atoms with van der Waals surface area (Å²) in [6.07, 6.45) is 6.05. The van der Waals surface area contributed by atoms with E-state index in [2.05, 4.69) is 4.99 Å². The predicted molar refractivity (Wildman–Crippen MR) is 81.6 cm³/mol. The van der Waals surface area contributed by atoms with Gasteiger partial charge in [0.25, 0.3) is 0 Å². The predicted octanol–water partition coefficient (Wildman–Crippen LogP) is 1.57. The number of hydrogen-bond donors (Lipinski definition) is 2. The van der Waals surface area contributed by atoms with Gasteiger partial charge in [0.05, 0.1) is 11.2 Å². The molecule has 1 radical (unpaired) electrons. The first-order valence-electron chi connectivity index (χ1n) is 7.07. The topological polar surface area (TPSA) is 77.1 Å². The summed E-state index contributed by atoms with van der Waals surface area (Å²) in [5, 5.41) is 10.1. The van der Waals surface area contributed by atoms with E-state index in [1.807, 2.05) is 13.8 Å². The third-order valence-electron chi connectivity index (χ3n) is 3.66. The second-order valence-corrected chi connectivity index (χ2v) is 6.04. The van der Waals surface area contributed by atoms with E-state index in [9.17, 15) is 5.11 Å². The molecule has 1 fully saturated rings. The van der Waals surface area contributed by atoms with E-state index in [0.717, 1.165) is 25.9 Å². The minimum Gasteiger partial charge on any atom is -0.425 e. The van der Waals surface area contributed by atoms with Crippen LogP contribution in [0, 0.1) is 0 Å². The van der Waals surface area contributed by atoms with Crippen LogP contribution in [0.1, 0.15) is 47.0 Å². The zero-order chi connectivity index (χ0) is 15.2. The lowest BCUT2D eigenvalue weighted by molar-refractivity contribution is -0.0890. The van der Waals surface area contributed by atoms with Gasteiger partial charge in [-0.05, 0) is 59.2 Å². The van der Waals surface area contributed by atoms with Gasteiger partial charge in [-0.2, -0.15) is 0 Å². The zero-order valence-electron chi connectivity index (χ0n) is 12.9. The van der Waals surface area contributed by atoms with Gasteiger partial charge in [-0.1, -0.05) is 0 Å². The summed E-state index contributed by atoms with van der Waals surface area (Å²) in [5.74, 6) is 0. The highest BCUT2D eigenvalue weighted by molar-refractivity contribution is 6.73. The lowest BCUT2D eigenvalue weighted by Crippen LogP contribution is -2.48. The van der Waals surface area contributed by atoms with Gasteiger partial charge >= 0.3 is 7.48 Å². The molecule has 0 aromatic rings. The Morgan fingerprint density at radius 3 is 2.60 bits per heavy atom. The molecule has 113 valence electrons. The van der Waals surface area contributed by atoms with Crippen molar-refractivity contribution in [3.63, 3.8) is 0 Å². The lowest BCUT2D eigenvalue weighted by atomic mass is 9.84. The first-order chi connectivity index (χ1) is 9.26. The molecule has 20 heavy (non-hydrogen) atoms. The maximum absolute atomic E-state index is 10.1. The number of aliphatic hydroxyl groups is 1. The van der Waals surface area contributed by atoms with Gasteiger partial charge < -0.3 is 20.2 Å². The fourth-order valence-electron chi connectivity index (χ4n) is 1.56. The molecule has 5 nitrogen and oxygen atoms in total. The van der Waals surface area contributed by atoms with Gasteiger partial charge in [0.2, 0.25) is 0 Å². The van der Waals surface area contributed by atoms with Crippen LogP contribution in [0.15, 0.2) is 17.3 Å². The average Bonchev–Trinajstić information content (AvgIpc) is 2.36. The fraction of sp³-hybridized carbons (Fsp3) is 0.786. The van der Waals surface area contributed by atoms with E-state index < -0.39 is 11.2 Å². The Morgan fingerprint density at radius 1 is 1.40 bits per heavy atom. The number of ether oxygens (including phenoxy) is 1. The summed E-state index contributed by atoms with van der Waals surface area (Å²) in [6, 6.07) is 0. The molecule has 0 aromatic heterocycles. The maximum atomic E-state index is 10.1. The molecule has 0 amide bonds. The molecule has 1 heterocycles. The third kappa shape index (κ3) is 5.27. The number of nitrogens with zero attached hydrogens (tertiary/aromatic N) is 1. The zero-order valence-corrected chi connectivity index (χ0v) is 12.9. The van der Waals surface area contributed by atoms with Crippen LogP contribution in [0.4, 0.5) is 0 Å². The van der Waals surface area contributed by atoms with Crippen LogP contribution < -0.4 is 5.73 Å². The largest absolute Gasteiger partial charge is 0.425 e. The van der Waals surface area contributed by atoms with Crippen molar-refractivity contribution in [1.29, 1.82) is 0 Å². The number of aliphatic imine (C=N–C) groups is 1. The second-order valence-electron chi connectivity index (χ2n) is 6.04. The Bertz CT molecular complexity index is 356. The Morgan fingerprint density at radius 2 is 2.10 bits per heavy atom. The van der Waals surface area contributed by atoms with Crippen LogP contribution in [-0.2, 0) is 9.39 Å². The number of nitrogens with two attached hydrogens (primary N) is 1. The van der Waals surface area contributed by atoms with Gasteiger partial charge in [-0.3, -0.25) is 4.99 Å². The van der Waals surface area contributed by atoms with Crippen molar-refractivity contribution in [1.82, 2.24) is 0 Å². The van der Waals surface area contributed by atoms with Crippen LogP contribution in [0.2, 0.25) is 0 Å². The maximum Gasteiger partial charge on any atom is 0.351 e. The molecule has 1 rings (SSSR count). The molecule has 1 aliphatic heterocycles. The van der Waals surface area contributed by atoms with Gasteiger partial charge in [0, 0.05) is 12.2 Å². The summed E-state index contributed by atoms with van der Waals surface area (Å²) in [4.78, 5) is 4.48. The lowest BCUT2D eigenvalue weighted by Gasteiger charge is -2.37. The van der Waals surface area contributed by atoms with E-state index in [1.54, 1.807) is 19.9 Å². The number of allylic oxidation sites excluding steroid dienone is 1. The Hall–Kier alpha value is -0.845. The van der Waals surface area contributed by atoms with Crippen molar-refractivity contribution in [2.45, 2.75) is 64.4 Å². The summed E-state index contributed by atoms with van der Waals surface area (Å²) in [6.45, 7) is 7.81. The molecule has 0 aromatic carbocycles. The second kappa shape index (κ2) is 7.25. The van der Waals surface area contributed by atoms with Gasteiger partial charge in [0.15, 0.2) is 0 Å². The molecular weight excluding hydrogens is 255 g/mol. The van der Waals surface area contributed by atoms with Crippen molar-refractivity contribution >= 4 is 13.1 Å². The Labute approximate surface area is 122 Å². The van der Waals surface area contributed by atoms with E-state index in [0.29, 0.717) is 5.61 Å². The van der Waals surface area contributed by atoms with Gasteiger partial charge in [-0.25, -0.2) is 0 Å². The molecule has 1 saturated heterocycles. The van der Waals surface area contributed by atoms with Crippen molar-refractivity contribution in [2.75, 3.05) is 6.61 Å². The fourth-order valence-corrected chi connectivity index (χ4v) is 1.56. The minimum absolute atomic E-state index is 0.139. The van der Waals surface area contributed by atoms with Crippen molar-refractivity contribution in [2.24, 2.45) is 10.7 Å². The van der Waals surface area contributed by atoms with Crippen molar-refractivity contribution in [3.05, 3.63) is 12.3 Å². The highest BCUT2D eigenvalue weighted by Gasteiger charge is 2.36. The molecule has 1 aliphatic rings. The normalized spacial score (nSPS) is 22.2. The van der Waals surface area contributed by atoms with Crippen molar-refractivity contribution in [3.8, 4) is 0 Å². The quantitative estimate of drug-likeness (QED) is 0.572. The first kappa shape index (κ1) is 17.2. The van der Waals surface area contributed by atoms with Crippen LogP contribution in [0.25, 0.3) is 0 Å². The van der Waals surface area contributed by atoms with E-state index in [4.69, 9.17) is 15.1 Å². The standard InChI is InChI=1S/C14H26BN2O3/c1-13(2,18)14(3,4)20-15-11(8-9-16)17-12-7-5-6-10-19-12/h8-9,12,18H,5-7,10,16H2,1-4H3. The van der Waals surface area contributed by atoms with Crippen LogP contribution in [-0.4, -0.2) is 42.2 Å². The molecule has 3 N–H and O–H groups in total. The van der Waals surface area contributed by atoms with Crippen molar-refractivity contribution < 1.29 is 14.5 Å². The first-order valence-corrected chi connectivity index (χ1v) is 7.07. The van der Waals surface area contributed by atoms with E-state index in [-0.39, 0.29) is 6.23 Å². The number of rotatable bonds is 6.